The molecule has 1 aromatic carbocycles. The van der Waals surface area contributed by atoms with Crippen molar-refractivity contribution in [3.63, 3.8) is 0 Å². The van der Waals surface area contributed by atoms with Crippen LogP contribution in [0.4, 0.5) is 5.69 Å². The van der Waals surface area contributed by atoms with Crippen molar-refractivity contribution >= 4 is 38.9 Å². The number of rotatable bonds is 5. The van der Waals surface area contributed by atoms with E-state index in [-0.39, 0.29) is 39.8 Å². The number of nitrogens with zero attached hydrogens (tertiary/aromatic N) is 1. The Balaban J connectivity index is 3.42. The van der Waals surface area contributed by atoms with Crippen molar-refractivity contribution in [2.45, 2.75) is 24.8 Å². The molecule has 19 heavy (non-hydrogen) atoms. The third kappa shape index (κ3) is 3.52. The average molecular weight is 327 g/mol. The maximum absolute atomic E-state index is 12.5. The summed E-state index contributed by atoms with van der Waals surface area (Å²) in [4.78, 5) is -0.188. The van der Waals surface area contributed by atoms with Crippen LogP contribution in [-0.2, 0) is 10.0 Å². The van der Waals surface area contributed by atoms with Crippen LogP contribution in [0.15, 0.2) is 17.0 Å². The Morgan fingerprint density at radius 1 is 1.32 bits per heavy atom. The molecule has 5 nitrogen and oxygen atoms in total. The molecule has 1 aromatic rings. The Morgan fingerprint density at radius 2 is 1.79 bits per heavy atom. The number of hydrogen-bond acceptors (Lipinski definition) is 4. The van der Waals surface area contributed by atoms with Crippen LogP contribution in [0.25, 0.3) is 0 Å². The summed E-state index contributed by atoms with van der Waals surface area (Å²) in [6.07, 6.45) is 0. The number of aliphatic hydroxyl groups is 1. The molecule has 108 valence electrons. The van der Waals surface area contributed by atoms with Crippen LogP contribution in [0.2, 0.25) is 10.0 Å². The molecule has 0 heterocycles. The molecule has 0 aliphatic rings. The maximum atomic E-state index is 12.5. The first-order valence-corrected chi connectivity index (χ1v) is 7.78. The number of hydrogen-bond donors (Lipinski definition) is 2. The van der Waals surface area contributed by atoms with Gasteiger partial charge in [0.05, 0.1) is 16.7 Å². The second kappa shape index (κ2) is 6.28. The van der Waals surface area contributed by atoms with Crippen molar-refractivity contribution in [1.82, 2.24) is 4.31 Å². The zero-order chi connectivity index (χ0) is 14.8. The predicted octanol–water partition coefficient (Wildman–Crippen LogP) is 1.97. The first-order valence-electron chi connectivity index (χ1n) is 5.59. The summed E-state index contributed by atoms with van der Waals surface area (Å²) in [5.74, 6) is 0. The molecular formula is C11H16Cl2N2O3S. The van der Waals surface area contributed by atoms with Crippen molar-refractivity contribution in [1.29, 1.82) is 0 Å². The molecule has 0 atom stereocenters. The summed E-state index contributed by atoms with van der Waals surface area (Å²) >= 11 is 11.9. The van der Waals surface area contributed by atoms with Crippen molar-refractivity contribution in [3.8, 4) is 0 Å². The van der Waals surface area contributed by atoms with E-state index < -0.39 is 10.0 Å². The van der Waals surface area contributed by atoms with Gasteiger partial charge in [-0.2, -0.15) is 4.31 Å². The molecule has 1 rings (SSSR count). The lowest BCUT2D eigenvalue weighted by atomic mass is 10.3. The van der Waals surface area contributed by atoms with E-state index in [9.17, 15) is 8.42 Å². The van der Waals surface area contributed by atoms with Crippen LogP contribution < -0.4 is 5.73 Å². The normalized spacial score (nSPS) is 12.4. The highest BCUT2D eigenvalue weighted by atomic mass is 35.5. The van der Waals surface area contributed by atoms with Gasteiger partial charge in [-0.1, -0.05) is 23.2 Å². The molecule has 0 spiro atoms. The molecule has 0 aliphatic carbocycles. The van der Waals surface area contributed by atoms with Crippen molar-refractivity contribution in [3.05, 3.63) is 22.2 Å². The minimum absolute atomic E-state index is 0.0307. The first-order chi connectivity index (χ1) is 8.71. The number of halogens is 2. The Hall–Kier alpha value is -0.530. The van der Waals surface area contributed by atoms with Gasteiger partial charge in [-0.25, -0.2) is 8.42 Å². The van der Waals surface area contributed by atoms with Gasteiger partial charge in [0.25, 0.3) is 0 Å². The molecule has 0 fully saturated rings. The van der Waals surface area contributed by atoms with E-state index in [2.05, 4.69) is 0 Å². The zero-order valence-corrected chi connectivity index (χ0v) is 12.9. The molecule has 0 aliphatic heterocycles. The average Bonchev–Trinajstić information content (AvgIpc) is 2.22. The van der Waals surface area contributed by atoms with E-state index in [1.165, 1.54) is 12.1 Å². The van der Waals surface area contributed by atoms with Crippen molar-refractivity contribution < 1.29 is 13.5 Å². The highest BCUT2D eigenvalue weighted by Gasteiger charge is 2.31. The third-order valence-electron chi connectivity index (χ3n) is 2.48. The van der Waals surface area contributed by atoms with E-state index >= 15 is 0 Å². The molecule has 0 saturated heterocycles. The second-order valence-electron chi connectivity index (χ2n) is 4.25. The van der Waals surface area contributed by atoms with E-state index in [0.717, 1.165) is 4.31 Å². The van der Waals surface area contributed by atoms with Gasteiger partial charge in [-0.15, -0.1) is 0 Å². The number of sulfonamides is 1. The van der Waals surface area contributed by atoms with E-state index in [1.54, 1.807) is 13.8 Å². The van der Waals surface area contributed by atoms with E-state index in [0.29, 0.717) is 0 Å². The van der Waals surface area contributed by atoms with Gasteiger partial charge < -0.3 is 10.8 Å². The molecule has 8 heteroatoms. The minimum Gasteiger partial charge on any atom is -0.399 e. The molecular weight excluding hydrogens is 311 g/mol. The zero-order valence-electron chi connectivity index (χ0n) is 10.6. The number of nitrogen functional groups attached to an aromatic ring is 1. The number of anilines is 1. The summed E-state index contributed by atoms with van der Waals surface area (Å²) in [7, 11) is -3.89. The summed E-state index contributed by atoms with van der Waals surface area (Å²) in [5, 5.41) is 8.92. The van der Waals surface area contributed by atoms with Gasteiger partial charge in [0, 0.05) is 18.3 Å². The van der Waals surface area contributed by atoms with Crippen LogP contribution in [0.3, 0.4) is 0 Å². The van der Waals surface area contributed by atoms with Crippen LogP contribution in [0.1, 0.15) is 13.8 Å². The largest absolute Gasteiger partial charge is 0.399 e. The number of aliphatic hydroxyl groups excluding tert-OH is 1. The number of benzene rings is 1. The second-order valence-corrected chi connectivity index (χ2v) is 6.89. The summed E-state index contributed by atoms with van der Waals surface area (Å²) in [6.45, 7) is 3.08. The highest BCUT2D eigenvalue weighted by Crippen LogP contribution is 2.34. The van der Waals surface area contributed by atoms with E-state index in [1.807, 2.05) is 0 Å². The molecule has 0 saturated carbocycles. The van der Waals surface area contributed by atoms with Crippen molar-refractivity contribution in [2.75, 3.05) is 18.9 Å². The smallest absolute Gasteiger partial charge is 0.246 e. The monoisotopic (exact) mass is 326 g/mol. The van der Waals surface area contributed by atoms with Gasteiger partial charge in [0.1, 0.15) is 4.90 Å². The summed E-state index contributed by atoms with van der Waals surface area (Å²) in [6, 6.07) is 2.33. The Labute approximate surface area is 123 Å². The van der Waals surface area contributed by atoms with Gasteiger partial charge in [0.15, 0.2) is 0 Å². The van der Waals surface area contributed by atoms with Crippen molar-refractivity contribution in [2.24, 2.45) is 0 Å². The first kappa shape index (κ1) is 16.5. The fourth-order valence-electron chi connectivity index (χ4n) is 1.70. The Bertz CT molecular complexity index is 538. The minimum atomic E-state index is -3.89. The van der Waals surface area contributed by atoms with Gasteiger partial charge in [-0.05, 0) is 26.0 Å². The predicted molar refractivity (Wildman–Crippen MR) is 77.0 cm³/mol. The van der Waals surface area contributed by atoms with Gasteiger partial charge in [-0.3, -0.25) is 0 Å². The van der Waals surface area contributed by atoms with Gasteiger partial charge >= 0.3 is 0 Å². The molecule has 0 aromatic heterocycles. The van der Waals surface area contributed by atoms with Crippen LogP contribution in [0, 0.1) is 0 Å². The fourth-order valence-corrected chi connectivity index (χ4v) is 4.51. The number of nitrogens with two attached hydrogens (primary N) is 1. The molecule has 3 N–H and O–H groups in total. The van der Waals surface area contributed by atoms with Crippen LogP contribution in [0.5, 0.6) is 0 Å². The SMILES string of the molecule is CC(C)N(CCO)S(=O)(=O)c1c(Cl)cc(N)cc1Cl. The Morgan fingerprint density at radius 3 is 2.16 bits per heavy atom. The third-order valence-corrected chi connectivity index (χ3v) is 5.48. The molecule has 0 unspecified atom stereocenters. The standard InChI is InChI=1S/C11H16Cl2N2O3S/c1-7(2)15(3-4-16)19(17,18)11-9(12)5-8(14)6-10(11)13/h5-7,16H,3-4,14H2,1-2H3. The quantitative estimate of drug-likeness (QED) is 0.810. The van der Waals surface area contributed by atoms with E-state index in [4.69, 9.17) is 34.0 Å². The Kier molecular flexibility index (Phi) is 5.46. The lowest BCUT2D eigenvalue weighted by Crippen LogP contribution is -2.39. The molecule has 0 amide bonds. The van der Waals surface area contributed by atoms with Gasteiger partial charge in [0.2, 0.25) is 10.0 Å². The maximum Gasteiger partial charge on any atom is 0.246 e. The summed E-state index contributed by atoms with van der Waals surface area (Å²) in [5.41, 5.74) is 5.83. The lowest BCUT2D eigenvalue weighted by Gasteiger charge is -2.26. The highest BCUT2D eigenvalue weighted by molar-refractivity contribution is 7.89. The summed E-state index contributed by atoms with van der Waals surface area (Å²) < 4.78 is 26.2. The fraction of sp³-hybridized carbons (Fsp3) is 0.455. The topological polar surface area (TPSA) is 83.6 Å². The van der Waals surface area contributed by atoms with Crippen LogP contribution >= 0.6 is 23.2 Å². The molecule has 0 bridgehead atoms. The molecule has 0 radical (unpaired) electrons. The lowest BCUT2D eigenvalue weighted by molar-refractivity contribution is 0.236. The van der Waals surface area contributed by atoms with Crippen LogP contribution in [-0.4, -0.2) is 37.0 Å².